The minimum atomic E-state index is 0.593. The standard InChI is InChI=1S/C38H22N4O/c1-2-10-24(11-3-1)36-40-37(30-15-8-16-32-35(30)29-19-20-39-22-33(29)43-32)42-38(41-36)31-21-25-12-5-6-13-26(25)28-18-17-23-9-4-7-14-27(23)34(28)31/h1-22H. The summed E-state index contributed by atoms with van der Waals surface area (Å²) in [6.45, 7) is 0. The number of pyridine rings is 1. The van der Waals surface area contributed by atoms with E-state index in [2.05, 4.69) is 77.8 Å². The first-order chi connectivity index (χ1) is 21.3. The van der Waals surface area contributed by atoms with E-state index in [0.717, 1.165) is 49.4 Å². The van der Waals surface area contributed by atoms with Crippen LogP contribution in [0, 0.1) is 0 Å². The number of rotatable bonds is 3. The molecule has 43 heavy (non-hydrogen) atoms. The first-order valence-corrected chi connectivity index (χ1v) is 14.2. The molecule has 0 saturated carbocycles. The summed E-state index contributed by atoms with van der Waals surface area (Å²) >= 11 is 0. The molecule has 9 rings (SSSR count). The van der Waals surface area contributed by atoms with E-state index in [1.807, 2.05) is 48.5 Å². The fourth-order valence-electron chi connectivity index (χ4n) is 6.26. The Balaban J connectivity index is 1.42. The number of furan rings is 1. The molecule has 0 bridgehead atoms. The Bertz CT molecular complexity index is 2520. The Morgan fingerprint density at radius 2 is 1.19 bits per heavy atom. The molecule has 5 nitrogen and oxygen atoms in total. The van der Waals surface area contributed by atoms with E-state index in [9.17, 15) is 0 Å². The van der Waals surface area contributed by atoms with Gasteiger partial charge in [-0.15, -0.1) is 0 Å². The van der Waals surface area contributed by atoms with Crippen molar-refractivity contribution in [3.63, 3.8) is 0 Å². The van der Waals surface area contributed by atoms with Crippen LogP contribution in [-0.2, 0) is 0 Å². The highest BCUT2D eigenvalue weighted by Crippen LogP contribution is 2.40. The summed E-state index contributed by atoms with van der Waals surface area (Å²) in [4.78, 5) is 19.7. The van der Waals surface area contributed by atoms with Gasteiger partial charge in [-0.3, -0.25) is 4.98 Å². The molecular weight excluding hydrogens is 528 g/mol. The number of hydrogen-bond acceptors (Lipinski definition) is 5. The van der Waals surface area contributed by atoms with E-state index >= 15 is 0 Å². The van der Waals surface area contributed by atoms with Crippen LogP contribution in [0.3, 0.4) is 0 Å². The van der Waals surface area contributed by atoms with E-state index in [0.29, 0.717) is 17.5 Å². The predicted octanol–water partition coefficient (Wildman–Crippen LogP) is 9.63. The zero-order chi connectivity index (χ0) is 28.3. The monoisotopic (exact) mass is 550 g/mol. The molecule has 0 aliphatic heterocycles. The molecule has 0 radical (unpaired) electrons. The lowest BCUT2D eigenvalue weighted by molar-refractivity contribution is 0.667. The van der Waals surface area contributed by atoms with Gasteiger partial charge in [-0.2, -0.15) is 0 Å². The average Bonchev–Trinajstić information content (AvgIpc) is 3.47. The van der Waals surface area contributed by atoms with Crippen molar-refractivity contribution in [1.29, 1.82) is 0 Å². The average molecular weight is 551 g/mol. The second-order valence-electron chi connectivity index (χ2n) is 10.7. The molecule has 0 aliphatic carbocycles. The van der Waals surface area contributed by atoms with Crippen molar-refractivity contribution in [1.82, 2.24) is 19.9 Å². The number of hydrogen-bond donors (Lipinski definition) is 0. The molecule has 9 aromatic rings. The number of fused-ring (bicyclic) bond motifs is 8. The smallest absolute Gasteiger partial charge is 0.164 e. The summed E-state index contributed by atoms with van der Waals surface area (Å²) in [5.41, 5.74) is 4.29. The van der Waals surface area contributed by atoms with Gasteiger partial charge in [0.05, 0.1) is 6.20 Å². The maximum Gasteiger partial charge on any atom is 0.164 e. The molecule has 0 aliphatic rings. The van der Waals surface area contributed by atoms with Crippen molar-refractivity contribution in [3.05, 3.63) is 134 Å². The minimum absolute atomic E-state index is 0.593. The topological polar surface area (TPSA) is 64.7 Å². The molecule has 0 spiro atoms. The summed E-state index contributed by atoms with van der Waals surface area (Å²) in [6.07, 6.45) is 3.54. The third-order valence-electron chi connectivity index (χ3n) is 8.20. The molecule has 0 N–H and O–H groups in total. The highest BCUT2D eigenvalue weighted by molar-refractivity contribution is 6.22. The molecule has 3 heterocycles. The van der Waals surface area contributed by atoms with Crippen molar-refractivity contribution in [2.24, 2.45) is 0 Å². The van der Waals surface area contributed by atoms with Crippen LogP contribution >= 0.6 is 0 Å². The number of nitrogens with zero attached hydrogens (tertiary/aromatic N) is 4. The maximum absolute atomic E-state index is 6.16. The van der Waals surface area contributed by atoms with Crippen LogP contribution in [0.1, 0.15) is 0 Å². The van der Waals surface area contributed by atoms with Gasteiger partial charge in [-0.1, -0.05) is 103 Å². The van der Waals surface area contributed by atoms with E-state index in [1.54, 1.807) is 12.4 Å². The molecule has 200 valence electrons. The third kappa shape index (κ3) is 3.72. The zero-order valence-corrected chi connectivity index (χ0v) is 22.9. The third-order valence-corrected chi connectivity index (χ3v) is 8.20. The van der Waals surface area contributed by atoms with Crippen molar-refractivity contribution < 1.29 is 4.42 Å². The minimum Gasteiger partial charge on any atom is -0.454 e. The van der Waals surface area contributed by atoms with Crippen LogP contribution in [0.5, 0.6) is 0 Å². The van der Waals surface area contributed by atoms with E-state index < -0.39 is 0 Å². The van der Waals surface area contributed by atoms with Gasteiger partial charge in [0.2, 0.25) is 0 Å². The van der Waals surface area contributed by atoms with Crippen LogP contribution in [0.15, 0.2) is 138 Å². The quantitative estimate of drug-likeness (QED) is 0.205. The van der Waals surface area contributed by atoms with E-state index in [-0.39, 0.29) is 0 Å². The summed E-state index contributed by atoms with van der Waals surface area (Å²) in [7, 11) is 0. The van der Waals surface area contributed by atoms with Gasteiger partial charge in [-0.05, 0) is 45.1 Å². The zero-order valence-electron chi connectivity index (χ0n) is 22.9. The Morgan fingerprint density at radius 1 is 0.442 bits per heavy atom. The van der Waals surface area contributed by atoms with Gasteiger partial charge >= 0.3 is 0 Å². The van der Waals surface area contributed by atoms with Crippen LogP contribution in [0.25, 0.3) is 88.4 Å². The fraction of sp³-hybridized carbons (Fsp3) is 0. The Labute approximate surface area is 246 Å². The highest BCUT2D eigenvalue weighted by atomic mass is 16.3. The van der Waals surface area contributed by atoms with Crippen LogP contribution < -0.4 is 0 Å². The lowest BCUT2D eigenvalue weighted by Gasteiger charge is -2.14. The molecule has 0 amide bonds. The molecule has 0 saturated heterocycles. The molecule has 3 aromatic heterocycles. The number of aromatic nitrogens is 4. The van der Waals surface area contributed by atoms with Gasteiger partial charge in [0.25, 0.3) is 0 Å². The van der Waals surface area contributed by atoms with Gasteiger partial charge in [0.1, 0.15) is 5.58 Å². The van der Waals surface area contributed by atoms with Gasteiger partial charge in [0.15, 0.2) is 23.1 Å². The van der Waals surface area contributed by atoms with Crippen LogP contribution in [0.2, 0.25) is 0 Å². The molecule has 5 heteroatoms. The summed E-state index contributed by atoms with van der Waals surface area (Å²) in [5.74, 6) is 1.84. The Kier molecular flexibility index (Phi) is 5.13. The molecule has 0 unspecified atom stereocenters. The lowest BCUT2D eigenvalue weighted by atomic mass is 9.92. The van der Waals surface area contributed by atoms with Gasteiger partial charge < -0.3 is 4.42 Å². The van der Waals surface area contributed by atoms with Crippen molar-refractivity contribution in [2.75, 3.05) is 0 Å². The Morgan fingerprint density at radius 3 is 2.07 bits per heavy atom. The van der Waals surface area contributed by atoms with Gasteiger partial charge in [-0.25, -0.2) is 15.0 Å². The lowest BCUT2D eigenvalue weighted by Crippen LogP contribution is -2.01. The van der Waals surface area contributed by atoms with Crippen LogP contribution in [0.4, 0.5) is 0 Å². The van der Waals surface area contributed by atoms with Crippen molar-refractivity contribution >= 4 is 54.3 Å². The summed E-state index contributed by atoms with van der Waals surface area (Å²) < 4.78 is 6.16. The predicted molar refractivity (Wildman–Crippen MR) is 174 cm³/mol. The summed E-state index contributed by atoms with van der Waals surface area (Å²) in [6, 6.07) is 41.7. The molecule has 6 aromatic carbocycles. The van der Waals surface area contributed by atoms with Crippen molar-refractivity contribution in [3.8, 4) is 34.2 Å². The van der Waals surface area contributed by atoms with Gasteiger partial charge in [0, 0.05) is 39.0 Å². The van der Waals surface area contributed by atoms with Crippen molar-refractivity contribution in [2.45, 2.75) is 0 Å². The largest absolute Gasteiger partial charge is 0.454 e. The van der Waals surface area contributed by atoms with Crippen LogP contribution in [-0.4, -0.2) is 19.9 Å². The summed E-state index contributed by atoms with van der Waals surface area (Å²) in [5, 5.41) is 8.92. The molecule has 0 atom stereocenters. The SMILES string of the molecule is c1ccc(-c2nc(-c3cccc4oc5cnccc5c34)nc(-c3cc4ccccc4c4ccc5ccccc5c34)n2)cc1. The normalized spacial score (nSPS) is 11.7. The second kappa shape index (κ2) is 9.29. The number of benzene rings is 6. The maximum atomic E-state index is 6.16. The second-order valence-corrected chi connectivity index (χ2v) is 10.7. The van der Waals surface area contributed by atoms with E-state index in [1.165, 1.54) is 21.5 Å². The molecule has 0 fully saturated rings. The van der Waals surface area contributed by atoms with E-state index in [4.69, 9.17) is 19.4 Å². The first kappa shape index (κ1) is 23.7. The fourth-order valence-corrected chi connectivity index (χ4v) is 6.26. The first-order valence-electron chi connectivity index (χ1n) is 14.2. The highest BCUT2D eigenvalue weighted by Gasteiger charge is 2.20. The molecular formula is C38H22N4O. The Hall–Kier alpha value is -5.94.